The van der Waals surface area contributed by atoms with Crippen molar-refractivity contribution in [3.63, 3.8) is 0 Å². The Labute approximate surface area is 81.7 Å². The predicted octanol–water partition coefficient (Wildman–Crippen LogP) is -0.452. The molecule has 3 rings (SSSR count). The minimum Gasteiger partial charge on any atom is -0.312 e. The molecular formula is C9H12N4O. The van der Waals surface area contributed by atoms with Crippen LogP contribution in [0.1, 0.15) is 6.42 Å². The molecule has 74 valence electrons. The number of carbonyl (C=O) groups excluding carboxylic acids is 1. The van der Waals surface area contributed by atoms with E-state index in [1.807, 2.05) is 6.20 Å². The number of carbonyl (C=O) groups is 1. The van der Waals surface area contributed by atoms with Crippen molar-refractivity contribution in [1.29, 1.82) is 0 Å². The lowest BCUT2D eigenvalue weighted by atomic mass is 9.86. The summed E-state index contributed by atoms with van der Waals surface area (Å²) in [5.74, 6) is 0.924. The number of nitrogens with one attached hydrogen (secondary N) is 1. The molecule has 14 heavy (non-hydrogen) atoms. The Bertz CT molecular complexity index is 393. The van der Waals surface area contributed by atoms with E-state index in [0.29, 0.717) is 6.42 Å². The van der Waals surface area contributed by atoms with E-state index in [9.17, 15) is 4.79 Å². The summed E-state index contributed by atoms with van der Waals surface area (Å²) in [6.45, 7) is 1.74. The van der Waals surface area contributed by atoms with Crippen molar-refractivity contribution < 1.29 is 4.79 Å². The maximum Gasteiger partial charge on any atom is 0.231 e. The van der Waals surface area contributed by atoms with E-state index in [4.69, 9.17) is 0 Å². The zero-order valence-corrected chi connectivity index (χ0v) is 8.03. The number of anilines is 1. The third kappa shape index (κ3) is 0.778. The van der Waals surface area contributed by atoms with Gasteiger partial charge in [-0.05, 0) is 0 Å². The van der Waals surface area contributed by atoms with E-state index in [1.54, 1.807) is 18.1 Å². The van der Waals surface area contributed by atoms with Crippen LogP contribution in [-0.2, 0) is 10.3 Å². The lowest BCUT2D eigenvalue weighted by molar-refractivity contribution is -0.122. The fourth-order valence-electron chi connectivity index (χ4n) is 2.22. The SMILES string of the molecule is CN1C(=O)CC2(CNC2)n2ccnc21. The lowest BCUT2D eigenvalue weighted by Gasteiger charge is -2.47. The van der Waals surface area contributed by atoms with Gasteiger partial charge in [0.1, 0.15) is 0 Å². The molecule has 1 N–H and O–H groups in total. The average molecular weight is 192 g/mol. The highest BCUT2D eigenvalue weighted by molar-refractivity contribution is 5.93. The largest absolute Gasteiger partial charge is 0.312 e. The van der Waals surface area contributed by atoms with Crippen LogP contribution in [-0.4, -0.2) is 35.6 Å². The van der Waals surface area contributed by atoms with Crippen molar-refractivity contribution in [2.24, 2.45) is 0 Å². The fourth-order valence-corrected chi connectivity index (χ4v) is 2.22. The van der Waals surface area contributed by atoms with Crippen molar-refractivity contribution in [3.8, 4) is 0 Å². The molecular weight excluding hydrogens is 180 g/mol. The first kappa shape index (κ1) is 7.99. The molecule has 3 heterocycles. The maximum atomic E-state index is 11.7. The summed E-state index contributed by atoms with van der Waals surface area (Å²) in [5, 5.41) is 3.22. The van der Waals surface area contributed by atoms with E-state index < -0.39 is 0 Å². The number of amides is 1. The van der Waals surface area contributed by atoms with Gasteiger partial charge in [-0.15, -0.1) is 0 Å². The van der Waals surface area contributed by atoms with Gasteiger partial charge in [0.15, 0.2) is 0 Å². The second kappa shape index (κ2) is 2.36. The molecule has 5 heteroatoms. The highest BCUT2D eigenvalue weighted by atomic mass is 16.2. The average Bonchev–Trinajstić information content (AvgIpc) is 2.57. The van der Waals surface area contributed by atoms with Gasteiger partial charge in [0, 0.05) is 32.5 Å². The van der Waals surface area contributed by atoms with Gasteiger partial charge in [0.05, 0.1) is 12.0 Å². The van der Waals surface area contributed by atoms with Crippen molar-refractivity contribution in [3.05, 3.63) is 12.4 Å². The van der Waals surface area contributed by atoms with Crippen molar-refractivity contribution in [2.75, 3.05) is 25.0 Å². The lowest BCUT2D eigenvalue weighted by Crippen LogP contribution is -2.64. The summed E-state index contributed by atoms with van der Waals surface area (Å²) in [4.78, 5) is 17.5. The summed E-state index contributed by atoms with van der Waals surface area (Å²) in [5.41, 5.74) is -0.0323. The first-order valence-electron chi connectivity index (χ1n) is 4.74. The van der Waals surface area contributed by atoms with Crippen LogP contribution in [0, 0.1) is 0 Å². The third-order valence-electron chi connectivity index (χ3n) is 3.19. The summed E-state index contributed by atoms with van der Waals surface area (Å²) >= 11 is 0. The van der Waals surface area contributed by atoms with Gasteiger partial charge in [0.2, 0.25) is 11.9 Å². The first-order valence-corrected chi connectivity index (χ1v) is 4.74. The second-order valence-corrected chi connectivity index (χ2v) is 4.05. The van der Waals surface area contributed by atoms with E-state index >= 15 is 0 Å². The third-order valence-corrected chi connectivity index (χ3v) is 3.19. The molecule has 1 amide bonds. The fraction of sp³-hybridized carbons (Fsp3) is 0.556. The highest BCUT2D eigenvalue weighted by Crippen LogP contribution is 2.34. The number of hydrogen-bond acceptors (Lipinski definition) is 3. The van der Waals surface area contributed by atoms with Crippen molar-refractivity contribution >= 4 is 11.9 Å². The number of rotatable bonds is 0. The molecule has 5 nitrogen and oxygen atoms in total. The van der Waals surface area contributed by atoms with E-state index in [1.165, 1.54) is 0 Å². The van der Waals surface area contributed by atoms with Crippen LogP contribution in [0.3, 0.4) is 0 Å². The molecule has 1 saturated heterocycles. The van der Waals surface area contributed by atoms with Crippen LogP contribution in [0.25, 0.3) is 0 Å². The van der Waals surface area contributed by atoms with Crippen LogP contribution >= 0.6 is 0 Å². The smallest absolute Gasteiger partial charge is 0.231 e. The topological polar surface area (TPSA) is 50.2 Å². The molecule has 2 aliphatic heterocycles. The Balaban J connectivity index is 2.14. The van der Waals surface area contributed by atoms with Crippen LogP contribution in [0.5, 0.6) is 0 Å². The quantitative estimate of drug-likeness (QED) is 0.605. The van der Waals surface area contributed by atoms with Crippen LogP contribution in [0.4, 0.5) is 5.95 Å². The number of imidazole rings is 1. The zero-order chi connectivity index (χ0) is 9.76. The van der Waals surface area contributed by atoms with Gasteiger partial charge in [-0.3, -0.25) is 9.69 Å². The number of aromatic nitrogens is 2. The number of nitrogens with zero attached hydrogens (tertiary/aromatic N) is 3. The molecule has 0 atom stereocenters. The molecule has 0 saturated carbocycles. The summed E-state index contributed by atoms with van der Waals surface area (Å²) in [6, 6.07) is 0. The Morgan fingerprint density at radius 1 is 1.57 bits per heavy atom. The Hall–Kier alpha value is -1.36. The Morgan fingerprint density at radius 2 is 2.36 bits per heavy atom. The van der Waals surface area contributed by atoms with Crippen molar-refractivity contribution in [2.45, 2.75) is 12.0 Å². The van der Waals surface area contributed by atoms with Gasteiger partial charge in [-0.2, -0.15) is 0 Å². The summed E-state index contributed by atoms with van der Waals surface area (Å²) in [7, 11) is 1.78. The number of hydrogen-bond donors (Lipinski definition) is 1. The minimum absolute atomic E-state index is 0.0323. The molecule has 0 radical (unpaired) electrons. The Morgan fingerprint density at radius 3 is 3.00 bits per heavy atom. The summed E-state index contributed by atoms with van der Waals surface area (Å²) in [6.07, 6.45) is 4.30. The standard InChI is InChI=1S/C9H12N4O/c1-12-7(14)4-9(5-10-6-9)13-3-2-11-8(12)13/h2-3,10H,4-6H2,1H3. The minimum atomic E-state index is -0.0323. The molecule has 0 unspecified atom stereocenters. The van der Waals surface area contributed by atoms with E-state index in [-0.39, 0.29) is 11.4 Å². The highest BCUT2D eigenvalue weighted by Gasteiger charge is 2.46. The molecule has 1 aromatic rings. The van der Waals surface area contributed by atoms with Crippen LogP contribution in [0.15, 0.2) is 12.4 Å². The molecule has 1 fully saturated rings. The number of fused-ring (bicyclic) bond motifs is 2. The van der Waals surface area contributed by atoms with E-state index in [0.717, 1.165) is 19.0 Å². The zero-order valence-electron chi connectivity index (χ0n) is 8.03. The van der Waals surface area contributed by atoms with Crippen LogP contribution in [0.2, 0.25) is 0 Å². The first-order chi connectivity index (χ1) is 6.73. The monoisotopic (exact) mass is 192 g/mol. The maximum absolute atomic E-state index is 11.7. The molecule has 0 aromatic carbocycles. The van der Waals surface area contributed by atoms with Crippen LogP contribution < -0.4 is 10.2 Å². The van der Waals surface area contributed by atoms with E-state index in [2.05, 4.69) is 14.9 Å². The molecule has 1 aromatic heterocycles. The van der Waals surface area contributed by atoms with Gasteiger partial charge >= 0.3 is 0 Å². The normalized spacial score (nSPS) is 23.5. The van der Waals surface area contributed by atoms with Gasteiger partial charge < -0.3 is 9.88 Å². The molecule has 0 bridgehead atoms. The van der Waals surface area contributed by atoms with Crippen molar-refractivity contribution in [1.82, 2.24) is 14.9 Å². The van der Waals surface area contributed by atoms with Gasteiger partial charge in [0.25, 0.3) is 0 Å². The van der Waals surface area contributed by atoms with Gasteiger partial charge in [-0.1, -0.05) is 0 Å². The summed E-state index contributed by atoms with van der Waals surface area (Å²) < 4.78 is 2.12. The molecule has 1 spiro atoms. The second-order valence-electron chi connectivity index (χ2n) is 4.05. The molecule has 0 aliphatic carbocycles. The molecule has 2 aliphatic rings. The Kier molecular flexibility index (Phi) is 1.35. The predicted molar refractivity (Wildman–Crippen MR) is 51.1 cm³/mol. The van der Waals surface area contributed by atoms with Gasteiger partial charge in [-0.25, -0.2) is 4.98 Å².